The number of aryl methyl sites for hydroxylation is 2. The predicted octanol–water partition coefficient (Wildman–Crippen LogP) is 2.87. The molecule has 0 saturated heterocycles. The molecule has 2 aromatic heterocycles. The first-order valence-electron chi connectivity index (χ1n) is 6.78. The number of pyridine rings is 1. The van der Waals surface area contributed by atoms with E-state index >= 15 is 0 Å². The van der Waals surface area contributed by atoms with Crippen LogP contribution in [-0.4, -0.2) is 21.9 Å². The maximum Gasteiger partial charge on any atom is 0.263 e. The third-order valence-electron chi connectivity index (χ3n) is 2.71. The molecule has 0 spiro atoms. The molecule has 112 valence electrons. The van der Waals surface area contributed by atoms with Crippen LogP contribution < -0.4 is 10.1 Å². The van der Waals surface area contributed by atoms with Crippen molar-refractivity contribution in [3.63, 3.8) is 0 Å². The fourth-order valence-electron chi connectivity index (χ4n) is 1.74. The van der Waals surface area contributed by atoms with E-state index < -0.39 is 0 Å². The molecule has 0 atom stereocenters. The van der Waals surface area contributed by atoms with E-state index in [0.717, 1.165) is 16.4 Å². The Morgan fingerprint density at radius 3 is 2.76 bits per heavy atom. The number of nitrogens with zero attached hydrogens (tertiary/aromatic N) is 2. The number of ether oxygens (including phenoxy) is 1. The highest BCUT2D eigenvalue weighted by Gasteiger charge is 2.16. The van der Waals surface area contributed by atoms with Gasteiger partial charge in [-0.3, -0.25) is 9.78 Å². The number of aromatic nitrogens is 2. The lowest BCUT2D eigenvalue weighted by atomic mass is 10.3. The Kier molecular flexibility index (Phi) is 4.90. The number of rotatable bonds is 5. The lowest BCUT2D eigenvalue weighted by Crippen LogP contribution is -2.29. The first-order chi connectivity index (χ1) is 9.95. The van der Waals surface area contributed by atoms with E-state index in [1.54, 1.807) is 6.20 Å². The summed E-state index contributed by atoms with van der Waals surface area (Å²) in [5.74, 6) is 0.616. The summed E-state index contributed by atoms with van der Waals surface area (Å²) in [6, 6.07) is 3.87. The van der Waals surface area contributed by atoms with Crippen molar-refractivity contribution < 1.29 is 9.53 Å². The summed E-state index contributed by atoms with van der Waals surface area (Å²) >= 11 is 1.36. The molecule has 2 rings (SSSR count). The minimum absolute atomic E-state index is 0.0803. The van der Waals surface area contributed by atoms with Gasteiger partial charge in [0, 0.05) is 11.7 Å². The van der Waals surface area contributed by atoms with Crippen LogP contribution >= 0.6 is 11.3 Å². The average molecular weight is 305 g/mol. The maximum absolute atomic E-state index is 12.0. The highest BCUT2D eigenvalue weighted by atomic mass is 32.1. The maximum atomic E-state index is 12.0. The standard InChI is InChI=1S/C15H19N3O2S/c1-9(2)17-15(19)14-11(4)18-13(21-14)8-20-12-6-5-10(3)16-7-12/h5-7,9H,8H2,1-4H3,(H,17,19). The first-order valence-corrected chi connectivity index (χ1v) is 7.60. The molecule has 6 heteroatoms. The molecule has 1 N–H and O–H groups in total. The summed E-state index contributed by atoms with van der Waals surface area (Å²) in [6.45, 7) is 7.97. The Balaban J connectivity index is 2.01. The van der Waals surface area contributed by atoms with Crippen molar-refractivity contribution in [1.29, 1.82) is 0 Å². The fraction of sp³-hybridized carbons (Fsp3) is 0.400. The summed E-state index contributed by atoms with van der Waals surface area (Å²) in [6.07, 6.45) is 1.68. The summed E-state index contributed by atoms with van der Waals surface area (Å²) in [7, 11) is 0. The van der Waals surface area contributed by atoms with Gasteiger partial charge in [-0.15, -0.1) is 11.3 Å². The van der Waals surface area contributed by atoms with Crippen molar-refractivity contribution in [2.24, 2.45) is 0 Å². The quantitative estimate of drug-likeness (QED) is 0.922. The summed E-state index contributed by atoms with van der Waals surface area (Å²) in [5, 5.41) is 3.65. The summed E-state index contributed by atoms with van der Waals surface area (Å²) in [5.41, 5.74) is 1.68. The van der Waals surface area contributed by atoms with Gasteiger partial charge in [0.25, 0.3) is 5.91 Å². The zero-order valence-electron chi connectivity index (χ0n) is 12.6. The Labute approximate surface area is 128 Å². The molecule has 0 radical (unpaired) electrons. The lowest BCUT2D eigenvalue weighted by Gasteiger charge is -2.06. The van der Waals surface area contributed by atoms with Crippen molar-refractivity contribution in [2.45, 2.75) is 40.3 Å². The van der Waals surface area contributed by atoms with Crippen molar-refractivity contribution in [1.82, 2.24) is 15.3 Å². The van der Waals surface area contributed by atoms with Crippen molar-refractivity contribution in [3.8, 4) is 5.75 Å². The van der Waals surface area contributed by atoms with Crippen molar-refractivity contribution in [3.05, 3.63) is 39.6 Å². The van der Waals surface area contributed by atoms with E-state index in [4.69, 9.17) is 4.74 Å². The van der Waals surface area contributed by atoms with E-state index in [1.165, 1.54) is 11.3 Å². The molecule has 0 saturated carbocycles. The Morgan fingerprint density at radius 1 is 1.38 bits per heavy atom. The van der Waals surface area contributed by atoms with Gasteiger partial charge in [-0.2, -0.15) is 0 Å². The van der Waals surface area contributed by atoms with Crippen LogP contribution in [0.3, 0.4) is 0 Å². The molecule has 2 aromatic rings. The lowest BCUT2D eigenvalue weighted by molar-refractivity contribution is 0.0946. The first kappa shape index (κ1) is 15.4. The van der Waals surface area contributed by atoms with Crippen LogP contribution in [0.1, 0.15) is 39.9 Å². The molecule has 0 aliphatic rings. The molecule has 0 aliphatic carbocycles. The van der Waals surface area contributed by atoms with Crippen molar-refractivity contribution in [2.75, 3.05) is 0 Å². The number of hydrogen-bond acceptors (Lipinski definition) is 5. The second kappa shape index (κ2) is 6.67. The molecule has 0 aromatic carbocycles. The minimum Gasteiger partial charge on any atom is -0.485 e. The van der Waals surface area contributed by atoms with Crippen LogP contribution in [0.4, 0.5) is 0 Å². The molecule has 0 bridgehead atoms. The van der Waals surface area contributed by atoms with Gasteiger partial charge < -0.3 is 10.1 Å². The van der Waals surface area contributed by atoms with Crippen LogP contribution in [0, 0.1) is 13.8 Å². The largest absolute Gasteiger partial charge is 0.485 e. The molecule has 5 nitrogen and oxygen atoms in total. The molecule has 2 heterocycles. The van der Waals surface area contributed by atoms with Gasteiger partial charge in [-0.1, -0.05) is 0 Å². The van der Waals surface area contributed by atoms with E-state index in [9.17, 15) is 4.79 Å². The zero-order chi connectivity index (χ0) is 15.4. The summed E-state index contributed by atoms with van der Waals surface area (Å²) in [4.78, 5) is 21.2. The highest BCUT2D eigenvalue weighted by Crippen LogP contribution is 2.20. The molecule has 0 aliphatic heterocycles. The smallest absolute Gasteiger partial charge is 0.263 e. The van der Waals surface area contributed by atoms with Crippen LogP contribution in [-0.2, 0) is 6.61 Å². The zero-order valence-corrected chi connectivity index (χ0v) is 13.5. The molecule has 21 heavy (non-hydrogen) atoms. The number of carbonyl (C=O) groups excluding carboxylic acids is 1. The monoisotopic (exact) mass is 305 g/mol. The third kappa shape index (κ3) is 4.26. The van der Waals surface area contributed by atoms with E-state index in [-0.39, 0.29) is 11.9 Å². The molecule has 1 amide bonds. The Morgan fingerprint density at radius 2 is 2.14 bits per heavy atom. The van der Waals surface area contributed by atoms with Gasteiger partial charge in [0.05, 0.1) is 11.9 Å². The topological polar surface area (TPSA) is 64.1 Å². The van der Waals surface area contributed by atoms with Gasteiger partial charge >= 0.3 is 0 Å². The molecular weight excluding hydrogens is 286 g/mol. The SMILES string of the molecule is Cc1ccc(OCc2nc(C)c(C(=O)NC(C)C)s2)cn1. The molecule has 0 fully saturated rings. The highest BCUT2D eigenvalue weighted by molar-refractivity contribution is 7.13. The second-order valence-electron chi connectivity index (χ2n) is 5.07. The van der Waals surface area contributed by atoms with Crippen LogP contribution in [0.2, 0.25) is 0 Å². The van der Waals surface area contributed by atoms with E-state index in [0.29, 0.717) is 17.2 Å². The van der Waals surface area contributed by atoms with Gasteiger partial charge in [0.15, 0.2) is 0 Å². The Hall–Kier alpha value is -1.95. The Bertz CT molecular complexity index is 620. The predicted molar refractivity (Wildman–Crippen MR) is 82.8 cm³/mol. The van der Waals surface area contributed by atoms with Gasteiger partial charge in [0.2, 0.25) is 0 Å². The second-order valence-corrected chi connectivity index (χ2v) is 6.16. The molecular formula is C15H19N3O2S. The van der Waals surface area contributed by atoms with E-state index in [2.05, 4.69) is 15.3 Å². The number of carbonyl (C=O) groups is 1. The normalized spacial score (nSPS) is 10.7. The number of hydrogen-bond donors (Lipinski definition) is 1. The number of thiazole rings is 1. The molecule has 0 unspecified atom stereocenters. The third-order valence-corrected chi connectivity index (χ3v) is 3.84. The number of nitrogens with one attached hydrogen (secondary N) is 1. The van der Waals surface area contributed by atoms with Gasteiger partial charge in [-0.05, 0) is 39.8 Å². The average Bonchev–Trinajstić information content (AvgIpc) is 2.79. The van der Waals surface area contributed by atoms with Gasteiger partial charge in [-0.25, -0.2) is 4.98 Å². The van der Waals surface area contributed by atoms with Crippen molar-refractivity contribution >= 4 is 17.2 Å². The minimum atomic E-state index is -0.0803. The van der Waals surface area contributed by atoms with Crippen LogP contribution in [0.25, 0.3) is 0 Å². The number of amides is 1. The fourth-order valence-corrected chi connectivity index (χ4v) is 2.62. The van der Waals surface area contributed by atoms with Crippen LogP contribution in [0.15, 0.2) is 18.3 Å². The summed E-state index contributed by atoms with van der Waals surface area (Å²) < 4.78 is 5.63. The van der Waals surface area contributed by atoms with E-state index in [1.807, 2.05) is 39.8 Å². The van der Waals surface area contributed by atoms with Crippen LogP contribution in [0.5, 0.6) is 5.75 Å². The van der Waals surface area contributed by atoms with Gasteiger partial charge in [0.1, 0.15) is 22.2 Å².